The molecule has 1 saturated heterocycles. The van der Waals surface area contributed by atoms with Crippen LogP contribution in [0.2, 0.25) is 5.02 Å². The minimum absolute atomic E-state index is 0. The highest BCUT2D eigenvalue weighted by molar-refractivity contribution is 6.31. The zero-order valence-electron chi connectivity index (χ0n) is 13.1. The minimum Gasteiger partial charge on any atom is -0.353 e. The molecule has 124 valence electrons. The molecule has 2 atom stereocenters. The SMILES string of the molecule is CCC(C)NC(=O)CN1CCNCC1c1ccccc1Cl.Cl. The van der Waals surface area contributed by atoms with Crippen molar-refractivity contribution in [2.45, 2.75) is 32.4 Å². The first kappa shape index (κ1) is 19.2. The van der Waals surface area contributed by atoms with Crippen LogP contribution in [0.1, 0.15) is 31.9 Å². The third-order valence-corrected chi connectivity index (χ3v) is 4.33. The van der Waals surface area contributed by atoms with E-state index in [1.807, 2.05) is 31.2 Å². The molecule has 1 fully saturated rings. The van der Waals surface area contributed by atoms with Crippen molar-refractivity contribution in [3.8, 4) is 0 Å². The highest BCUT2D eigenvalue weighted by atomic mass is 35.5. The molecule has 22 heavy (non-hydrogen) atoms. The number of hydrogen-bond donors (Lipinski definition) is 2. The molecular formula is C16H25Cl2N3O. The van der Waals surface area contributed by atoms with Crippen molar-refractivity contribution < 1.29 is 4.79 Å². The Kier molecular flexibility index (Phi) is 8.18. The molecule has 0 spiro atoms. The topological polar surface area (TPSA) is 44.4 Å². The second kappa shape index (κ2) is 9.36. The van der Waals surface area contributed by atoms with Crippen LogP contribution in [0.25, 0.3) is 0 Å². The van der Waals surface area contributed by atoms with Gasteiger partial charge in [0.25, 0.3) is 0 Å². The molecule has 1 amide bonds. The number of nitrogens with zero attached hydrogens (tertiary/aromatic N) is 1. The number of piperazine rings is 1. The Morgan fingerprint density at radius 2 is 2.23 bits per heavy atom. The summed E-state index contributed by atoms with van der Waals surface area (Å²) in [5, 5.41) is 7.18. The Balaban J connectivity index is 0.00000242. The molecule has 6 heteroatoms. The fourth-order valence-electron chi connectivity index (χ4n) is 2.59. The predicted molar refractivity (Wildman–Crippen MR) is 93.8 cm³/mol. The van der Waals surface area contributed by atoms with Crippen LogP contribution in [0.3, 0.4) is 0 Å². The molecule has 0 saturated carbocycles. The molecule has 2 N–H and O–H groups in total. The lowest BCUT2D eigenvalue weighted by Crippen LogP contribution is -2.50. The van der Waals surface area contributed by atoms with Gasteiger partial charge in [-0.2, -0.15) is 0 Å². The molecule has 1 heterocycles. The molecule has 0 radical (unpaired) electrons. The third-order valence-electron chi connectivity index (χ3n) is 3.98. The third kappa shape index (κ3) is 5.13. The van der Waals surface area contributed by atoms with Gasteiger partial charge in [-0.25, -0.2) is 0 Å². The Labute approximate surface area is 144 Å². The van der Waals surface area contributed by atoms with Crippen molar-refractivity contribution in [3.63, 3.8) is 0 Å². The van der Waals surface area contributed by atoms with Crippen molar-refractivity contribution in [2.75, 3.05) is 26.2 Å². The number of carbonyl (C=O) groups excluding carboxylic acids is 1. The number of halogens is 2. The van der Waals surface area contributed by atoms with E-state index in [1.54, 1.807) is 0 Å². The van der Waals surface area contributed by atoms with E-state index in [0.29, 0.717) is 6.54 Å². The summed E-state index contributed by atoms with van der Waals surface area (Å²) in [6, 6.07) is 8.24. The maximum Gasteiger partial charge on any atom is 0.234 e. The van der Waals surface area contributed by atoms with Crippen LogP contribution in [0.4, 0.5) is 0 Å². The first-order valence-corrected chi connectivity index (χ1v) is 7.98. The first-order valence-electron chi connectivity index (χ1n) is 7.60. The number of rotatable bonds is 5. The summed E-state index contributed by atoms with van der Waals surface area (Å²) < 4.78 is 0. The van der Waals surface area contributed by atoms with Crippen LogP contribution < -0.4 is 10.6 Å². The van der Waals surface area contributed by atoms with Gasteiger partial charge in [0, 0.05) is 36.7 Å². The summed E-state index contributed by atoms with van der Waals surface area (Å²) in [7, 11) is 0. The zero-order chi connectivity index (χ0) is 15.2. The predicted octanol–water partition coefficient (Wildman–Crippen LogP) is 2.62. The number of amides is 1. The number of benzene rings is 1. The molecule has 1 aromatic carbocycles. The normalized spacial score (nSPS) is 20.0. The van der Waals surface area contributed by atoms with Gasteiger partial charge in [-0.1, -0.05) is 36.7 Å². The van der Waals surface area contributed by atoms with Crippen LogP contribution in [0.15, 0.2) is 24.3 Å². The zero-order valence-corrected chi connectivity index (χ0v) is 14.7. The lowest BCUT2D eigenvalue weighted by Gasteiger charge is -2.36. The fourth-order valence-corrected chi connectivity index (χ4v) is 2.86. The molecule has 2 rings (SSSR count). The molecule has 1 aliphatic rings. The largest absolute Gasteiger partial charge is 0.353 e. The summed E-state index contributed by atoms with van der Waals surface area (Å²) in [5.41, 5.74) is 1.09. The van der Waals surface area contributed by atoms with Gasteiger partial charge in [0.15, 0.2) is 0 Å². The van der Waals surface area contributed by atoms with Gasteiger partial charge in [0.2, 0.25) is 5.91 Å². The van der Waals surface area contributed by atoms with Crippen molar-refractivity contribution >= 4 is 29.9 Å². The van der Waals surface area contributed by atoms with Crippen molar-refractivity contribution in [2.24, 2.45) is 0 Å². The van der Waals surface area contributed by atoms with Gasteiger partial charge in [-0.15, -0.1) is 12.4 Å². The molecular weight excluding hydrogens is 321 g/mol. The van der Waals surface area contributed by atoms with Gasteiger partial charge in [0.1, 0.15) is 0 Å². The summed E-state index contributed by atoms with van der Waals surface area (Å²) in [4.78, 5) is 14.3. The van der Waals surface area contributed by atoms with Crippen LogP contribution in [0, 0.1) is 0 Å². The van der Waals surface area contributed by atoms with E-state index in [4.69, 9.17) is 11.6 Å². The second-order valence-electron chi connectivity index (χ2n) is 5.59. The van der Waals surface area contributed by atoms with Gasteiger partial charge < -0.3 is 10.6 Å². The highest BCUT2D eigenvalue weighted by Crippen LogP contribution is 2.28. The molecule has 0 aliphatic carbocycles. The van der Waals surface area contributed by atoms with E-state index >= 15 is 0 Å². The smallest absolute Gasteiger partial charge is 0.234 e. The molecule has 4 nitrogen and oxygen atoms in total. The standard InChI is InChI=1S/C16H24ClN3O.ClH/c1-3-12(2)19-16(21)11-20-9-8-18-10-15(20)13-6-4-5-7-14(13)17;/h4-7,12,15,18H,3,8-11H2,1-2H3,(H,19,21);1H. The Bertz CT molecular complexity index is 484. The van der Waals surface area contributed by atoms with Gasteiger partial charge in [-0.3, -0.25) is 9.69 Å². The molecule has 1 aromatic rings. The van der Waals surface area contributed by atoms with Crippen molar-refractivity contribution in [1.29, 1.82) is 0 Å². The average Bonchev–Trinajstić information content (AvgIpc) is 2.48. The maximum atomic E-state index is 12.1. The van der Waals surface area contributed by atoms with Crippen molar-refractivity contribution in [3.05, 3.63) is 34.9 Å². The van der Waals surface area contributed by atoms with E-state index in [-0.39, 0.29) is 30.4 Å². The Hall–Kier alpha value is -0.810. The Morgan fingerprint density at radius 1 is 1.50 bits per heavy atom. The van der Waals surface area contributed by atoms with Crippen LogP contribution in [0.5, 0.6) is 0 Å². The molecule has 0 bridgehead atoms. The van der Waals surface area contributed by atoms with Gasteiger partial charge in [0.05, 0.1) is 6.54 Å². The highest BCUT2D eigenvalue weighted by Gasteiger charge is 2.27. The number of hydrogen-bond acceptors (Lipinski definition) is 3. The number of carbonyl (C=O) groups is 1. The summed E-state index contributed by atoms with van der Waals surface area (Å²) in [5.74, 6) is 0.0864. The lowest BCUT2D eigenvalue weighted by atomic mass is 10.0. The van der Waals surface area contributed by atoms with E-state index in [9.17, 15) is 4.79 Å². The summed E-state index contributed by atoms with van der Waals surface area (Å²) in [6.07, 6.45) is 0.946. The Morgan fingerprint density at radius 3 is 2.91 bits per heavy atom. The van der Waals surface area contributed by atoms with E-state index in [1.165, 1.54) is 0 Å². The maximum absolute atomic E-state index is 12.1. The van der Waals surface area contributed by atoms with Gasteiger partial charge in [-0.05, 0) is 25.0 Å². The number of nitrogens with one attached hydrogen (secondary N) is 2. The average molecular weight is 346 g/mol. The van der Waals surface area contributed by atoms with E-state index < -0.39 is 0 Å². The summed E-state index contributed by atoms with van der Waals surface area (Å²) in [6.45, 7) is 7.09. The monoisotopic (exact) mass is 345 g/mol. The van der Waals surface area contributed by atoms with Crippen molar-refractivity contribution in [1.82, 2.24) is 15.5 Å². The lowest BCUT2D eigenvalue weighted by molar-refractivity contribution is -0.123. The second-order valence-corrected chi connectivity index (χ2v) is 6.00. The molecule has 2 unspecified atom stereocenters. The quantitative estimate of drug-likeness (QED) is 0.862. The van der Waals surface area contributed by atoms with Crippen LogP contribution in [-0.2, 0) is 4.79 Å². The van der Waals surface area contributed by atoms with Gasteiger partial charge >= 0.3 is 0 Å². The van der Waals surface area contributed by atoms with Crippen LogP contribution in [-0.4, -0.2) is 43.0 Å². The van der Waals surface area contributed by atoms with E-state index in [2.05, 4.69) is 22.5 Å². The minimum atomic E-state index is 0. The van der Waals surface area contributed by atoms with Crippen LogP contribution >= 0.6 is 24.0 Å². The van der Waals surface area contributed by atoms with E-state index in [0.717, 1.165) is 36.6 Å². The summed E-state index contributed by atoms with van der Waals surface area (Å²) >= 11 is 6.31. The first-order chi connectivity index (χ1) is 10.1. The molecule has 1 aliphatic heterocycles. The fraction of sp³-hybridized carbons (Fsp3) is 0.562. The molecule has 0 aromatic heterocycles.